The average Bonchev–Trinajstić information content (AvgIpc) is 2.63. The zero-order valence-corrected chi connectivity index (χ0v) is 16.3. The van der Waals surface area contributed by atoms with Gasteiger partial charge in [0.05, 0.1) is 5.56 Å². The quantitative estimate of drug-likeness (QED) is 0.831. The molecular weight excluding hydrogens is 326 g/mol. The lowest BCUT2D eigenvalue weighted by Gasteiger charge is -2.48. The second-order valence-electron chi connectivity index (χ2n) is 8.52. The highest BCUT2D eigenvalue weighted by Crippen LogP contribution is 2.39. The number of aromatic nitrogens is 1. The highest BCUT2D eigenvalue weighted by molar-refractivity contribution is 5.94. The SMILES string of the molecule is Cc1ccc(C(=O)N2CCC[C@@]3(CCC(=O)N(CCC(C)C)C3)C2)cn1. The summed E-state index contributed by atoms with van der Waals surface area (Å²) in [5.41, 5.74) is 1.65. The van der Waals surface area contributed by atoms with Crippen LogP contribution in [0.15, 0.2) is 18.3 Å². The van der Waals surface area contributed by atoms with E-state index >= 15 is 0 Å². The van der Waals surface area contributed by atoms with Gasteiger partial charge < -0.3 is 9.80 Å². The lowest BCUT2D eigenvalue weighted by atomic mass is 9.73. The van der Waals surface area contributed by atoms with Gasteiger partial charge in [-0.1, -0.05) is 13.8 Å². The molecule has 0 aliphatic carbocycles. The largest absolute Gasteiger partial charge is 0.342 e. The minimum atomic E-state index is 0.0664. The number of aryl methyl sites for hydroxylation is 1. The van der Waals surface area contributed by atoms with Gasteiger partial charge in [0.2, 0.25) is 5.91 Å². The van der Waals surface area contributed by atoms with Crippen molar-refractivity contribution in [1.82, 2.24) is 14.8 Å². The number of pyridine rings is 1. The third kappa shape index (κ3) is 4.25. The molecule has 1 aromatic rings. The number of rotatable bonds is 4. The van der Waals surface area contributed by atoms with Crippen LogP contribution in [0.3, 0.4) is 0 Å². The van der Waals surface area contributed by atoms with E-state index < -0.39 is 0 Å². The van der Waals surface area contributed by atoms with Crippen LogP contribution in [0.4, 0.5) is 0 Å². The molecular formula is C21H31N3O2. The van der Waals surface area contributed by atoms with Crippen LogP contribution in [0.25, 0.3) is 0 Å². The molecule has 1 atom stereocenters. The monoisotopic (exact) mass is 357 g/mol. The van der Waals surface area contributed by atoms with Gasteiger partial charge in [-0.25, -0.2) is 0 Å². The minimum Gasteiger partial charge on any atom is -0.342 e. The summed E-state index contributed by atoms with van der Waals surface area (Å²) >= 11 is 0. The summed E-state index contributed by atoms with van der Waals surface area (Å²) in [4.78, 5) is 33.5. The number of piperidine rings is 2. The summed E-state index contributed by atoms with van der Waals surface area (Å²) in [6.45, 7) is 9.51. The standard InChI is InChI=1S/C21H31N3O2/c1-16(2)8-12-23-14-21(10-7-19(23)25)9-4-11-24(15-21)20(26)18-6-5-17(3)22-13-18/h5-6,13,16H,4,7-12,14-15H2,1-3H3/t21-/m0/s1. The number of nitrogens with zero attached hydrogens (tertiary/aromatic N) is 3. The summed E-state index contributed by atoms with van der Waals surface area (Å²) in [6, 6.07) is 3.76. The van der Waals surface area contributed by atoms with Gasteiger partial charge >= 0.3 is 0 Å². The molecule has 0 unspecified atom stereocenters. The Labute approximate surface area is 156 Å². The zero-order chi connectivity index (χ0) is 18.7. The Morgan fingerprint density at radius 3 is 2.77 bits per heavy atom. The second kappa shape index (κ2) is 7.77. The molecule has 142 valence electrons. The highest BCUT2D eigenvalue weighted by Gasteiger charge is 2.42. The first kappa shape index (κ1) is 18.9. The maximum Gasteiger partial charge on any atom is 0.255 e. The Balaban J connectivity index is 1.69. The first-order valence-corrected chi connectivity index (χ1v) is 9.88. The van der Waals surface area contributed by atoms with Gasteiger partial charge in [-0.2, -0.15) is 0 Å². The van der Waals surface area contributed by atoms with E-state index in [0.717, 1.165) is 57.6 Å². The lowest BCUT2D eigenvalue weighted by molar-refractivity contribution is -0.139. The number of hydrogen-bond acceptors (Lipinski definition) is 3. The van der Waals surface area contributed by atoms with Gasteiger partial charge in [0.15, 0.2) is 0 Å². The fraction of sp³-hybridized carbons (Fsp3) is 0.667. The van der Waals surface area contributed by atoms with E-state index in [-0.39, 0.29) is 17.2 Å². The van der Waals surface area contributed by atoms with Crippen LogP contribution < -0.4 is 0 Å². The van der Waals surface area contributed by atoms with Crippen molar-refractivity contribution in [2.24, 2.45) is 11.3 Å². The summed E-state index contributed by atoms with van der Waals surface area (Å²) in [7, 11) is 0. The predicted molar refractivity (Wildman–Crippen MR) is 102 cm³/mol. The smallest absolute Gasteiger partial charge is 0.255 e. The van der Waals surface area contributed by atoms with Crippen LogP contribution >= 0.6 is 0 Å². The molecule has 0 radical (unpaired) electrons. The molecule has 5 nitrogen and oxygen atoms in total. The van der Waals surface area contributed by atoms with Crippen molar-refractivity contribution < 1.29 is 9.59 Å². The van der Waals surface area contributed by atoms with Crippen LogP contribution in [0.5, 0.6) is 0 Å². The molecule has 0 bridgehead atoms. The molecule has 1 spiro atoms. The molecule has 2 fully saturated rings. The maximum atomic E-state index is 12.9. The maximum absolute atomic E-state index is 12.9. The molecule has 5 heteroatoms. The summed E-state index contributed by atoms with van der Waals surface area (Å²) in [6.07, 6.45) is 6.36. The van der Waals surface area contributed by atoms with Gasteiger partial charge in [0, 0.05) is 49.9 Å². The first-order chi connectivity index (χ1) is 12.4. The third-order valence-corrected chi connectivity index (χ3v) is 5.83. The van der Waals surface area contributed by atoms with Crippen molar-refractivity contribution in [3.8, 4) is 0 Å². The Hall–Kier alpha value is -1.91. The van der Waals surface area contributed by atoms with Gasteiger partial charge in [-0.15, -0.1) is 0 Å². The van der Waals surface area contributed by atoms with Gasteiger partial charge in [-0.05, 0) is 50.7 Å². The van der Waals surface area contributed by atoms with E-state index in [1.807, 2.05) is 28.9 Å². The van der Waals surface area contributed by atoms with Crippen molar-refractivity contribution >= 4 is 11.8 Å². The number of carbonyl (C=O) groups is 2. The Bertz CT molecular complexity index is 656. The lowest BCUT2D eigenvalue weighted by Crippen LogP contribution is -2.55. The van der Waals surface area contributed by atoms with E-state index in [9.17, 15) is 9.59 Å². The molecule has 0 N–H and O–H groups in total. The van der Waals surface area contributed by atoms with Crippen molar-refractivity contribution in [3.05, 3.63) is 29.6 Å². The Kier molecular flexibility index (Phi) is 5.64. The molecule has 2 aliphatic rings. The fourth-order valence-electron chi connectivity index (χ4n) is 4.21. The molecule has 2 aliphatic heterocycles. The van der Waals surface area contributed by atoms with Crippen molar-refractivity contribution in [2.45, 2.75) is 52.9 Å². The summed E-state index contributed by atoms with van der Waals surface area (Å²) in [5.74, 6) is 0.948. The molecule has 3 rings (SSSR count). The molecule has 3 heterocycles. The molecule has 1 aromatic heterocycles. The van der Waals surface area contributed by atoms with Crippen LogP contribution in [-0.2, 0) is 4.79 Å². The van der Waals surface area contributed by atoms with Crippen LogP contribution in [0.1, 0.15) is 62.0 Å². The van der Waals surface area contributed by atoms with Gasteiger partial charge in [0.25, 0.3) is 5.91 Å². The summed E-state index contributed by atoms with van der Waals surface area (Å²) in [5, 5.41) is 0. The van der Waals surface area contributed by atoms with Crippen molar-refractivity contribution in [3.63, 3.8) is 0 Å². The predicted octanol–water partition coefficient (Wildman–Crippen LogP) is 3.28. The van der Waals surface area contributed by atoms with Crippen molar-refractivity contribution in [1.29, 1.82) is 0 Å². The molecule has 2 amide bonds. The molecule has 26 heavy (non-hydrogen) atoms. The van der Waals surface area contributed by atoms with Crippen LogP contribution in [-0.4, -0.2) is 52.8 Å². The van der Waals surface area contributed by atoms with E-state index in [1.54, 1.807) is 6.20 Å². The highest BCUT2D eigenvalue weighted by atomic mass is 16.2. The Morgan fingerprint density at radius 2 is 2.08 bits per heavy atom. The fourth-order valence-corrected chi connectivity index (χ4v) is 4.21. The molecule has 2 saturated heterocycles. The Morgan fingerprint density at radius 1 is 1.27 bits per heavy atom. The van der Waals surface area contributed by atoms with E-state index in [2.05, 4.69) is 18.8 Å². The molecule has 0 saturated carbocycles. The number of carbonyl (C=O) groups excluding carboxylic acids is 2. The third-order valence-electron chi connectivity index (χ3n) is 5.83. The normalized spacial score (nSPS) is 23.8. The first-order valence-electron chi connectivity index (χ1n) is 9.88. The van der Waals surface area contributed by atoms with Gasteiger partial charge in [-0.3, -0.25) is 14.6 Å². The number of amides is 2. The van der Waals surface area contributed by atoms with Crippen LogP contribution in [0.2, 0.25) is 0 Å². The van der Waals surface area contributed by atoms with E-state index in [0.29, 0.717) is 17.9 Å². The van der Waals surface area contributed by atoms with E-state index in [4.69, 9.17) is 0 Å². The topological polar surface area (TPSA) is 53.5 Å². The summed E-state index contributed by atoms with van der Waals surface area (Å²) < 4.78 is 0. The zero-order valence-electron chi connectivity index (χ0n) is 16.3. The second-order valence-corrected chi connectivity index (χ2v) is 8.52. The van der Waals surface area contributed by atoms with Gasteiger partial charge in [0.1, 0.15) is 0 Å². The minimum absolute atomic E-state index is 0.0664. The number of hydrogen-bond donors (Lipinski definition) is 0. The van der Waals surface area contributed by atoms with Crippen LogP contribution in [0, 0.1) is 18.3 Å². The van der Waals surface area contributed by atoms with Crippen molar-refractivity contribution in [2.75, 3.05) is 26.2 Å². The average molecular weight is 357 g/mol. The molecule has 0 aromatic carbocycles. The number of likely N-dealkylation sites (tertiary alicyclic amines) is 2. The van der Waals surface area contributed by atoms with E-state index in [1.165, 1.54) is 0 Å².